The Morgan fingerprint density at radius 2 is 0.918 bits per heavy atom. The average molecular weight is 781 g/mol. The van der Waals surface area contributed by atoms with Crippen molar-refractivity contribution in [3.05, 3.63) is 230 Å². The fraction of sp³-hybridized carbons (Fsp3) is 0.0847. The Hall–Kier alpha value is -7.42. The fourth-order valence-corrected chi connectivity index (χ4v) is 11.0. The monoisotopic (exact) mass is 780 g/mol. The lowest BCUT2D eigenvalue weighted by atomic mass is 9.77. The first kappa shape index (κ1) is 35.5. The molecule has 0 amide bonds. The summed E-state index contributed by atoms with van der Waals surface area (Å²) in [6, 6.07) is 80.8. The molecule has 0 bridgehead atoms. The van der Waals surface area contributed by atoms with Crippen LogP contribution in [0.5, 0.6) is 0 Å². The number of anilines is 3. The van der Waals surface area contributed by atoms with E-state index in [-0.39, 0.29) is 5.41 Å². The Labute approximate surface area is 357 Å². The Morgan fingerprint density at radius 1 is 0.377 bits per heavy atom. The van der Waals surface area contributed by atoms with Crippen molar-refractivity contribution in [2.45, 2.75) is 31.1 Å². The molecule has 2 heteroatoms. The molecule has 10 aromatic rings. The van der Waals surface area contributed by atoms with E-state index in [2.05, 4.69) is 228 Å². The van der Waals surface area contributed by atoms with Crippen LogP contribution in [0.4, 0.5) is 17.1 Å². The van der Waals surface area contributed by atoms with Gasteiger partial charge in [-0.15, -0.1) is 0 Å². The standard InChI is InChI=1S/C59H44N2/c1-3-20-41(21-4-1)44-24-7-8-25-45(44)46-26-9-10-27-47(46)49-29-12-15-33-55(49)60(43-36-37-54-52(40-43)48-28-11-14-32-53(48)59(54)38-17-18-39-59)57-35-19-31-51-50-30-13-16-34-56(50)61(58(51)57)42-22-5-2-6-23-42/h1-16,19-37,40H,17-18,38-39H2. The number of hydrogen-bond acceptors (Lipinski definition) is 1. The quantitative estimate of drug-likeness (QED) is 0.156. The average Bonchev–Trinajstić information content (AvgIpc) is 4.04. The zero-order valence-electron chi connectivity index (χ0n) is 34.0. The summed E-state index contributed by atoms with van der Waals surface area (Å²) in [4.78, 5) is 2.55. The Bertz CT molecular complexity index is 3260. The van der Waals surface area contributed by atoms with Crippen LogP contribution in [0.25, 0.3) is 72.0 Å². The summed E-state index contributed by atoms with van der Waals surface area (Å²) in [5.74, 6) is 0. The molecule has 0 radical (unpaired) electrons. The van der Waals surface area contributed by atoms with Crippen molar-refractivity contribution >= 4 is 38.9 Å². The van der Waals surface area contributed by atoms with Crippen LogP contribution in [-0.2, 0) is 5.41 Å². The Morgan fingerprint density at radius 3 is 1.69 bits per heavy atom. The van der Waals surface area contributed by atoms with Gasteiger partial charge in [0.1, 0.15) is 0 Å². The first-order valence-electron chi connectivity index (χ1n) is 21.7. The Kier molecular flexibility index (Phi) is 8.38. The molecule has 0 atom stereocenters. The second-order valence-electron chi connectivity index (χ2n) is 16.7. The third-order valence-corrected chi connectivity index (χ3v) is 13.6. The minimum absolute atomic E-state index is 0.0953. The fourth-order valence-electron chi connectivity index (χ4n) is 11.0. The molecule has 61 heavy (non-hydrogen) atoms. The number of aromatic nitrogens is 1. The van der Waals surface area contributed by atoms with Crippen LogP contribution in [0, 0.1) is 0 Å². The van der Waals surface area contributed by atoms with E-state index in [1.165, 1.54) is 103 Å². The molecule has 9 aromatic carbocycles. The number of fused-ring (bicyclic) bond motifs is 8. The maximum Gasteiger partial charge on any atom is 0.0782 e. The van der Waals surface area contributed by atoms with Crippen molar-refractivity contribution in [2.24, 2.45) is 0 Å². The third-order valence-electron chi connectivity index (χ3n) is 13.6. The summed E-state index contributed by atoms with van der Waals surface area (Å²) in [6.07, 6.45) is 4.96. The van der Waals surface area contributed by atoms with Gasteiger partial charge in [-0.3, -0.25) is 0 Å². The molecule has 1 spiro atoms. The highest BCUT2D eigenvalue weighted by Gasteiger charge is 2.45. The molecule has 1 saturated carbocycles. The second-order valence-corrected chi connectivity index (χ2v) is 16.7. The minimum Gasteiger partial charge on any atom is -0.308 e. The highest BCUT2D eigenvalue weighted by molar-refractivity contribution is 6.15. The van der Waals surface area contributed by atoms with Gasteiger partial charge in [-0.25, -0.2) is 0 Å². The number of hydrogen-bond donors (Lipinski definition) is 0. The van der Waals surface area contributed by atoms with Gasteiger partial charge in [-0.2, -0.15) is 0 Å². The lowest BCUT2D eigenvalue weighted by Crippen LogP contribution is -2.20. The molecule has 2 aliphatic carbocycles. The molecule has 290 valence electrons. The van der Waals surface area contributed by atoms with Crippen LogP contribution in [0.3, 0.4) is 0 Å². The molecule has 0 aliphatic heterocycles. The van der Waals surface area contributed by atoms with Crippen LogP contribution in [0.1, 0.15) is 36.8 Å². The number of benzene rings is 9. The van der Waals surface area contributed by atoms with Gasteiger partial charge in [0.05, 0.1) is 22.4 Å². The van der Waals surface area contributed by atoms with Crippen LogP contribution in [-0.4, -0.2) is 4.57 Å². The van der Waals surface area contributed by atoms with E-state index in [1.54, 1.807) is 0 Å². The minimum atomic E-state index is 0.0953. The van der Waals surface area contributed by atoms with Gasteiger partial charge in [-0.05, 0) is 105 Å². The van der Waals surface area contributed by atoms with Crippen molar-refractivity contribution < 1.29 is 0 Å². The van der Waals surface area contributed by atoms with Crippen molar-refractivity contribution in [3.63, 3.8) is 0 Å². The maximum atomic E-state index is 2.55. The lowest BCUT2D eigenvalue weighted by Gasteiger charge is -2.31. The summed E-state index contributed by atoms with van der Waals surface area (Å²) in [7, 11) is 0. The molecular formula is C59H44N2. The van der Waals surface area contributed by atoms with E-state index in [0.717, 1.165) is 22.7 Å². The summed E-state index contributed by atoms with van der Waals surface area (Å²) < 4.78 is 2.47. The van der Waals surface area contributed by atoms with Gasteiger partial charge in [0, 0.05) is 33.1 Å². The normalized spacial score (nSPS) is 13.8. The van der Waals surface area contributed by atoms with Gasteiger partial charge in [0.2, 0.25) is 0 Å². The molecule has 2 aliphatic rings. The van der Waals surface area contributed by atoms with E-state index in [9.17, 15) is 0 Å². The summed E-state index contributed by atoms with van der Waals surface area (Å²) in [5.41, 5.74) is 20.0. The summed E-state index contributed by atoms with van der Waals surface area (Å²) in [6.45, 7) is 0. The predicted molar refractivity (Wildman–Crippen MR) is 256 cm³/mol. The van der Waals surface area contributed by atoms with Crippen molar-refractivity contribution in [3.8, 4) is 50.2 Å². The van der Waals surface area contributed by atoms with E-state index >= 15 is 0 Å². The van der Waals surface area contributed by atoms with Gasteiger partial charge in [0.15, 0.2) is 0 Å². The molecular weight excluding hydrogens is 737 g/mol. The first-order valence-corrected chi connectivity index (χ1v) is 21.7. The zero-order chi connectivity index (χ0) is 40.3. The maximum absolute atomic E-state index is 2.55. The molecule has 0 unspecified atom stereocenters. The predicted octanol–water partition coefficient (Wildman–Crippen LogP) is 16.1. The van der Waals surface area contributed by atoms with Crippen LogP contribution in [0.2, 0.25) is 0 Å². The molecule has 1 heterocycles. The highest BCUT2D eigenvalue weighted by atomic mass is 15.2. The van der Waals surface area contributed by atoms with Gasteiger partial charge in [0.25, 0.3) is 0 Å². The molecule has 1 aromatic heterocycles. The smallest absolute Gasteiger partial charge is 0.0782 e. The molecule has 2 nitrogen and oxygen atoms in total. The first-order chi connectivity index (χ1) is 30.3. The van der Waals surface area contributed by atoms with Crippen molar-refractivity contribution in [1.29, 1.82) is 0 Å². The molecule has 0 N–H and O–H groups in total. The largest absolute Gasteiger partial charge is 0.308 e. The van der Waals surface area contributed by atoms with E-state index in [1.807, 2.05) is 0 Å². The van der Waals surface area contributed by atoms with Crippen LogP contribution in [0.15, 0.2) is 218 Å². The lowest BCUT2D eigenvalue weighted by molar-refractivity contribution is 0.550. The number of nitrogens with zero attached hydrogens (tertiary/aromatic N) is 2. The third kappa shape index (κ3) is 5.56. The second kappa shape index (κ2) is 14.4. The van der Waals surface area contributed by atoms with Gasteiger partial charge >= 0.3 is 0 Å². The van der Waals surface area contributed by atoms with E-state index in [4.69, 9.17) is 0 Å². The van der Waals surface area contributed by atoms with Crippen LogP contribution < -0.4 is 4.90 Å². The zero-order valence-corrected chi connectivity index (χ0v) is 34.0. The van der Waals surface area contributed by atoms with Crippen molar-refractivity contribution in [1.82, 2.24) is 4.57 Å². The topological polar surface area (TPSA) is 8.17 Å². The number of para-hydroxylation sites is 4. The highest BCUT2D eigenvalue weighted by Crippen LogP contribution is 2.58. The SMILES string of the molecule is c1ccc(-c2ccccc2-c2ccccc2-c2ccccc2N(c2ccc3c(c2)-c2ccccc2C32CCCC2)c2cccc3c4ccccc4n(-c4ccccc4)c23)cc1. The van der Waals surface area contributed by atoms with Crippen molar-refractivity contribution in [2.75, 3.05) is 4.90 Å². The summed E-state index contributed by atoms with van der Waals surface area (Å²) >= 11 is 0. The molecule has 12 rings (SSSR count). The molecule has 1 fully saturated rings. The van der Waals surface area contributed by atoms with E-state index in [0.29, 0.717) is 0 Å². The Balaban J connectivity index is 1.15. The van der Waals surface area contributed by atoms with Gasteiger partial charge < -0.3 is 9.47 Å². The number of rotatable bonds is 7. The summed E-state index contributed by atoms with van der Waals surface area (Å²) in [5, 5.41) is 2.47. The van der Waals surface area contributed by atoms with Gasteiger partial charge in [-0.1, -0.05) is 189 Å². The van der Waals surface area contributed by atoms with Crippen LogP contribution >= 0.6 is 0 Å². The molecule has 0 saturated heterocycles. The van der Waals surface area contributed by atoms with E-state index < -0.39 is 0 Å².